The maximum absolute atomic E-state index is 10.8. The van der Waals surface area contributed by atoms with Gasteiger partial charge >= 0.3 is 0 Å². The van der Waals surface area contributed by atoms with Crippen LogP contribution in [0.3, 0.4) is 0 Å². The van der Waals surface area contributed by atoms with Crippen molar-refractivity contribution in [1.82, 2.24) is 9.97 Å². The molecule has 3 aromatic rings. The molecule has 5 nitrogen and oxygen atoms in total. The van der Waals surface area contributed by atoms with Crippen LogP contribution < -0.4 is 5.32 Å². The van der Waals surface area contributed by atoms with Gasteiger partial charge in [0.2, 0.25) is 0 Å². The molecule has 1 aromatic carbocycles. The van der Waals surface area contributed by atoms with Gasteiger partial charge in [0.1, 0.15) is 11.4 Å². The second-order valence-corrected chi connectivity index (χ2v) is 6.62. The molecule has 0 fully saturated rings. The number of aryl methyl sites for hydroxylation is 2. The molecule has 0 spiro atoms. The first-order valence-corrected chi connectivity index (χ1v) is 8.89. The fourth-order valence-corrected chi connectivity index (χ4v) is 3.21. The highest BCUT2D eigenvalue weighted by atomic mass is 35.5. The molecule has 0 amide bonds. The lowest BCUT2D eigenvalue weighted by Crippen LogP contribution is -2.04. The van der Waals surface area contributed by atoms with Crippen molar-refractivity contribution in [3.63, 3.8) is 0 Å². The van der Waals surface area contributed by atoms with Crippen LogP contribution in [0.4, 0.5) is 5.69 Å². The van der Waals surface area contributed by atoms with Gasteiger partial charge in [-0.2, -0.15) is 0 Å². The van der Waals surface area contributed by atoms with Gasteiger partial charge in [0.15, 0.2) is 6.29 Å². The Bertz CT molecular complexity index is 944. The molecule has 0 aliphatic heterocycles. The average Bonchev–Trinajstić information content (AvgIpc) is 2.63. The summed E-state index contributed by atoms with van der Waals surface area (Å²) < 4.78 is 0. The molecule has 0 radical (unpaired) electrons. The third-order valence-corrected chi connectivity index (χ3v) is 4.47. The van der Waals surface area contributed by atoms with Gasteiger partial charge in [0, 0.05) is 34.5 Å². The Kier molecular flexibility index (Phi) is 5.68. The second kappa shape index (κ2) is 8.15. The molecule has 2 heterocycles. The van der Waals surface area contributed by atoms with E-state index in [0.717, 1.165) is 53.7 Å². The number of halogens is 1. The second-order valence-electron chi connectivity index (χ2n) is 6.19. The van der Waals surface area contributed by atoms with Crippen LogP contribution in [0.25, 0.3) is 10.9 Å². The van der Waals surface area contributed by atoms with E-state index < -0.39 is 0 Å². The molecular formula is C20H20ClN3O2. The maximum atomic E-state index is 10.8. The summed E-state index contributed by atoms with van der Waals surface area (Å²) >= 11 is 6.18. The Labute approximate surface area is 157 Å². The zero-order valence-electron chi connectivity index (χ0n) is 14.5. The van der Waals surface area contributed by atoms with Crippen LogP contribution in [0.15, 0.2) is 36.5 Å². The number of fused-ring (bicyclic) bond motifs is 1. The molecule has 6 heteroatoms. The molecule has 2 aromatic heterocycles. The van der Waals surface area contributed by atoms with Crippen molar-refractivity contribution >= 4 is 34.5 Å². The highest BCUT2D eigenvalue weighted by molar-refractivity contribution is 6.31. The largest absolute Gasteiger partial charge is 0.506 e. The highest BCUT2D eigenvalue weighted by Gasteiger charge is 2.06. The van der Waals surface area contributed by atoms with E-state index in [2.05, 4.69) is 15.3 Å². The topological polar surface area (TPSA) is 75.1 Å². The van der Waals surface area contributed by atoms with Gasteiger partial charge in [-0.25, -0.2) is 4.98 Å². The Hall–Kier alpha value is -2.66. The van der Waals surface area contributed by atoms with Crippen molar-refractivity contribution in [2.45, 2.75) is 26.2 Å². The van der Waals surface area contributed by atoms with E-state index in [1.807, 2.05) is 25.1 Å². The fraction of sp³-hybridized carbons (Fsp3) is 0.250. The normalized spacial score (nSPS) is 10.8. The van der Waals surface area contributed by atoms with Crippen molar-refractivity contribution in [3.8, 4) is 5.75 Å². The number of aldehydes is 1. The van der Waals surface area contributed by atoms with Crippen molar-refractivity contribution in [2.75, 3.05) is 11.9 Å². The standard InChI is InChI=1S/C20H20ClN3O2/c1-13-10-14(21)11-16-17(7-9-23-20(13)16)22-8-3-2-4-15-5-6-19(26)18(12-25)24-15/h5-7,9-12,26H,2-4,8H2,1H3,(H,22,23). The van der Waals surface area contributed by atoms with Gasteiger partial charge in [0.05, 0.1) is 5.52 Å². The number of hydrogen-bond donors (Lipinski definition) is 2. The third-order valence-electron chi connectivity index (χ3n) is 4.25. The molecule has 0 aliphatic rings. The summed E-state index contributed by atoms with van der Waals surface area (Å²) in [6.07, 6.45) is 4.99. The molecule has 0 unspecified atom stereocenters. The summed E-state index contributed by atoms with van der Waals surface area (Å²) in [5, 5.41) is 14.6. The van der Waals surface area contributed by atoms with E-state index >= 15 is 0 Å². The molecule has 3 rings (SSSR count). The summed E-state index contributed by atoms with van der Waals surface area (Å²) in [4.78, 5) is 19.4. The summed E-state index contributed by atoms with van der Waals surface area (Å²) in [6, 6.07) is 9.06. The van der Waals surface area contributed by atoms with E-state index in [4.69, 9.17) is 11.6 Å². The molecule has 0 bridgehead atoms. The van der Waals surface area contributed by atoms with Gasteiger partial charge < -0.3 is 10.4 Å². The van der Waals surface area contributed by atoms with E-state index in [9.17, 15) is 9.90 Å². The van der Waals surface area contributed by atoms with Crippen LogP contribution in [0.2, 0.25) is 5.02 Å². The number of carbonyl (C=O) groups is 1. The Morgan fingerprint density at radius 3 is 2.88 bits per heavy atom. The fourth-order valence-electron chi connectivity index (χ4n) is 2.93. The number of pyridine rings is 2. The zero-order valence-corrected chi connectivity index (χ0v) is 15.3. The lowest BCUT2D eigenvalue weighted by molar-refractivity contribution is 0.111. The number of anilines is 1. The first-order valence-electron chi connectivity index (χ1n) is 8.51. The van der Waals surface area contributed by atoms with Crippen molar-refractivity contribution in [1.29, 1.82) is 0 Å². The number of rotatable bonds is 7. The van der Waals surface area contributed by atoms with Crippen LogP contribution >= 0.6 is 11.6 Å². The van der Waals surface area contributed by atoms with Crippen LogP contribution in [-0.4, -0.2) is 27.9 Å². The van der Waals surface area contributed by atoms with E-state index in [1.165, 1.54) is 6.07 Å². The summed E-state index contributed by atoms with van der Waals surface area (Å²) in [5.74, 6) is -0.0797. The smallest absolute Gasteiger partial charge is 0.172 e. The van der Waals surface area contributed by atoms with Crippen molar-refractivity contribution in [2.24, 2.45) is 0 Å². The number of aromatic nitrogens is 2. The average molecular weight is 370 g/mol. The van der Waals surface area contributed by atoms with Gasteiger partial charge in [-0.3, -0.25) is 9.78 Å². The van der Waals surface area contributed by atoms with Crippen molar-refractivity contribution < 1.29 is 9.90 Å². The predicted molar refractivity (Wildman–Crippen MR) is 104 cm³/mol. The number of nitrogens with one attached hydrogen (secondary N) is 1. The number of hydrogen-bond acceptors (Lipinski definition) is 5. The number of nitrogens with zero attached hydrogens (tertiary/aromatic N) is 2. The quantitative estimate of drug-likeness (QED) is 0.472. The lowest BCUT2D eigenvalue weighted by atomic mass is 10.1. The minimum Gasteiger partial charge on any atom is -0.506 e. The predicted octanol–water partition coefficient (Wildman–Crippen LogP) is 4.54. The highest BCUT2D eigenvalue weighted by Crippen LogP contribution is 2.27. The first kappa shape index (κ1) is 18.1. The number of carbonyl (C=O) groups excluding carboxylic acids is 1. The molecule has 0 saturated carbocycles. The van der Waals surface area contributed by atoms with Gasteiger partial charge in [0.25, 0.3) is 0 Å². The van der Waals surface area contributed by atoms with Crippen molar-refractivity contribution in [3.05, 3.63) is 58.5 Å². The van der Waals surface area contributed by atoms with Gasteiger partial charge in [-0.05, 0) is 62.1 Å². The number of aromatic hydroxyl groups is 1. The monoisotopic (exact) mass is 369 g/mol. The molecule has 26 heavy (non-hydrogen) atoms. The minimum absolute atomic E-state index is 0.0797. The molecule has 2 N–H and O–H groups in total. The Balaban J connectivity index is 1.57. The van der Waals surface area contributed by atoms with Crippen LogP contribution in [0.5, 0.6) is 5.75 Å². The van der Waals surface area contributed by atoms with Crippen LogP contribution in [0.1, 0.15) is 34.6 Å². The van der Waals surface area contributed by atoms with Gasteiger partial charge in [-0.1, -0.05) is 11.6 Å². The summed E-state index contributed by atoms with van der Waals surface area (Å²) in [5.41, 5.74) is 3.93. The van der Waals surface area contributed by atoms with Crippen LogP contribution in [0, 0.1) is 6.92 Å². The zero-order chi connectivity index (χ0) is 18.5. The lowest BCUT2D eigenvalue weighted by Gasteiger charge is -2.11. The number of benzene rings is 1. The van der Waals surface area contributed by atoms with Gasteiger partial charge in [-0.15, -0.1) is 0 Å². The minimum atomic E-state index is -0.0797. The van der Waals surface area contributed by atoms with E-state index in [-0.39, 0.29) is 11.4 Å². The SMILES string of the molecule is Cc1cc(Cl)cc2c(NCCCCc3ccc(O)c(C=O)n3)ccnc12. The summed E-state index contributed by atoms with van der Waals surface area (Å²) in [7, 11) is 0. The summed E-state index contributed by atoms with van der Waals surface area (Å²) in [6.45, 7) is 2.81. The molecule has 0 aliphatic carbocycles. The van der Waals surface area contributed by atoms with Crippen LogP contribution in [-0.2, 0) is 6.42 Å². The molecule has 0 saturated heterocycles. The molecule has 0 atom stereocenters. The molecular weight excluding hydrogens is 350 g/mol. The Morgan fingerprint density at radius 2 is 2.08 bits per heavy atom. The third kappa shape index (κ3) is 4.11. The number of unbranched alkanes of at least 4 members (excludes halogenated alkanes) is 1. The van der Waals surface area contributed by atoms with E-state index in [1.54, 1.807) is 12.3 Å². The maximum Gasteiger partial charge on any atom is 0.172 e. The first-order chi connectivity index (χ1) is 12.6. The molecule has 134 valence electrons. The Morgan fingerprint density at radius 1 is 1.23 bits per heavy atom. The van der Waals surface area contributed by atoms with E-state index in [0.29, 0.717) is 11.3 Å².